The van der Waals surface area contributed by atoms with Crippen LogP contribution in [0.2, 0.25) is 0 Å². The predicted octanol–water partition coefficient (Wildman–Crippen LogP) is 4.99. The summed E-state index contributed by atoms with van der Waals surface area (Å²) < 4.78 is 1.24. The minimum atomic E-state index is 1.09. The van der Waals surface area contributed by atoms with Crippen LogP contribution < -0.4 is 0 Å². The molecule has 1 aliphatic carbocycles. The molecule has 1 aliphatic rings. The average molecular weight is 362 g/mol. The van der Waals surface area contributed by atoms with Crippen LogP contribution in [0.5, 0.6) is 0 Å². The molecule has 110 valence electrons. The van der Waals surface area contributed by atoms with Crippen molar-refractivity contribution >= 4 is 32.8 Å². The van der Waals surface area contributed by atoms with E-state index >= 15 is 0 Å². The van der Waals surface area contributed by atoms with Crippen molar-refractivity contribution in [2.24, 2.45) is 0 Å². The number of hydrogen-bond donors (Lipinski definition) is 0. The summed E-state index contributed by atoms with van der Waals surface area (Å²) in [4.78, 5) is 3.69. The maximum Gasteiger partial charge on any atom is 0.0707 e. The van der Waals surface area contributed by atoms with Gasteiger partial charge in [-0.2, -0.15) is 0 Å². The number of thiophene rings is 1. The van der Waals surface area contributed by atoms with E-state index < -0.39 is 0 Å². The van der Waals surface area contributed by atoms with Gasteiger partial charge in [-0.15, -0.1) is 11.3 Å². The Hall–Kier alpha value is -0.900. The SMILES string of the molecule is CN(C)CC/C=C1/c2ccccc2CCc2cc(Br)sc21. The quantitative estimate of drug-likeness (QED) is 0.743. The number of aryl methyl sites for hydroxylation is 2. The summed E-state index contributed by atoms with van der Waals surface area (Å²) in [6, 6.07) is 11.2. The molecule has 0 atom stereocenters. The molecule has 2 aromatic rings. The van der Waals surface area contributed by atoms with Crippen LogP contribution in [0.3, 0.4) is 0 Å². The molecule has 3 heteroatoms. The third-order valence-corrected chi connectivity index (χ3v) is 5.63. The number of rotatable bonds is 3. The number of halogens is 1. The highest BCUT2D eigenvalue weighted by Gasteiger charge is 2.20. The molecule has 1 heterocycles. The topological polar surface area (TPSA) is 3.24 Å². The first-order valence-corrected chi connectivity index (χ1v) is 8.98. The van der Waals surface area contributed by atoms with E-state index in [1.54, 1.807) is 0 Å². The summed E-state index contributed by atoms with van der Waals surface area (Å²) in [6.07, 6.45) is 5.79. The van der Waals surface area contributed by atoms with Crippen molar-refractivity contribution < 1.29 is 0 Å². The Labute approximate surface area is 139 Å². The first-order valence-electron chi connectivity index (χ1n) is 7.37. The van der Waals surface area contributed by atoms with Crippen molar-refractivity contribution in [2.75, 3.05) is 20.6 Å². The summed E-state index contributed by atoms with van der Waals surface area (Å²) in [7, 11) is 4.26. The summed E-state index contributed by atoms with van der Waals surface area (Å²) in [5.74, 6) is 0. The number of fused-ring (bicyclic) bond motifs is 2. The predicted molar refractivity (Wildman–Crippen MR) is 96.1 cm³/mol. The molecule has 3 rings (SSSR count). The maximum atomic E-state index is 3.66. The summed E-state index contributed by atoms with van der Waals surface area (Å²) in [5, 5.41) is 0. The number of nitrogens with zero attached hydrogens (tertiary/aromatic N) is 1. The fraction of sp³-hybridized carbons (Fsp3) is 0.333. The molecule has 0 unspecified atom stereocenters. The van der Waals surface area contributed by atoms with Crippen LogP contribution in [0.4, 0.5) is 0 Å². The molecule has 21 heavy (non-hydrogen) atoms. The van der Waals surface area contributed by atoms with Gasteiger partial charge in [0.1, 0.15) is 0 Å². The molecule has 0 amide bonds. The second kappa shape index (κ2) is 6.47. The van der Waals surface area contributed by atoms with Gasteiger partial charge < -0.3 is 4.90 Å². The van der Waals surface area contributed by atoms with Crippen molar-refractivity contribution in [3.05, 3.63) is 61.8 Å². The molecule has 0 bridgehead atoms. The first kappa shape index (κ1) is 15.0. The highest BCUT2D eigenvalue weighted by Crippen LogP contribution is 2.40. The molecule has 0 fully saturated rings. The molecule has 0 aliphatic heterocycles. The van der Waals surface area contributed by atoms with Gasteiger partial charge in [-0.3, -0.25) is 0 Å². The first-order chi connectivity index (χ1) is 10.1. The minimum Gasteiger partial charge on any atom is -0.309 e. The highest BCUT2D eigenvalue weighted by atomic mass is 79.9. The molecular formula is C18H20BrNS. The molecular weight excluding hydrogens is 342 g/mol. The van der Waals surface area contributed by atoms with Gasteiger partial charge in [-0.05, 0) is 77.6 Å². The maximum absolute atomic E-state index is 3.66. The van der Waals surface area contributed by atoms with E-state index in [1.165, 1.54) is 30.9 Å². The zero-order chi connectivity index (χ0) is 14.8. The van der Waals surface area contributed by atoms with Gasteiger partial charge in [0.2, 0.25) is 0 Å². The van der Waals surface area contributed by atoms with Crippen molar-refractivity contribution in [1.29, 1.82) is 0 Å². The average Bonchev–Trinajstić information content (AvgIpc) is 2.76. The van der Waals surface area contributed by atoms with Crippen molar-refractivity contribution in [2.45, 2.75) is 19.3 Å². The van der Waals surface area contributed by atoms with Gasteiger partial charge in [-0.25, -0.2) is 0 Å². The Kier molecular flexibility index (Phi) is 4.63. The summed E-state index contributed by atoms with van der Waals surface area (Å²) in [6.45, 7) is 1.09. The lowest BCUT2D eigenvalue weighted by Crippen LogP contribution is -2.12. The summed E-state index contributed by atoms with van der Waals surface area (Å²) >= 11 is 5.53. The molecule has 1 aromatic carbocycles. The van der Waals surface area contributed by atoms with E-state index in [0.29, 0.717) is 0 Å². The molecule has 0 N–H and O–H groups in total. The van der Waals surface area contributed by atoms with E-state index in [-0.39, 0.29) is 0 Å². The van der Waals surface area contributed by atoms with Crippen molar-refractivity contribution in [1.82, 2.24) is 4.90 Å². The van der Waals surface area contributed by atoms with Gasteiger partial charge in [-0.1, -0.05) is 30.3 Å². The lowest BCUT2D eigenvalue weighted by Gasteiger charge is -2.11. The van der Waals surface area contributed by atoms with Crippen molar-refractivity contribution in [3.63, 3.8) is 0 Å². The molecule has 0 radical (unpaired) electrons. The highest BCUT2D eigenvalue weighted by molar-refractivity contribution is 9.11. The molecule has 1 nitrogen and oxygen atoms in total. The zero-order valence-electron chi connectivity index (χ0n) is 12.5. The van der Waals surface area contributed by atoms with E-state index in [1.807, 2.05) is 11.3 Å². The Morgan fingerprint density at radius 2 is 1.95 bits per heavy atom. The Morgan fingerprint density at radius 1 is 1.19 bits per heavy atom. The Balaban J connectivity index is 2.06. The Morgan fingerprint density at radius 3 is 2.76 bits per heavy atom. The van der Waals surface area contributed by atoms with Crippen LogP contribution in [0.25, 0.3) is 5.57 Å². The van der Waals surface area contributed by atoms with Crippen LogP contribution in [-0.4, -0.2) is 25.5 Å². The van der Waals surface area contributed by atoms with Crippen LogP contribution in [0, 0.1) is 0 Å². The van der Waals surface area contributed by atoms with Gasteiger partial charge in [0.05, 0.1) is 3.79 Å². The van der Waals surface area contributed by atoms with Crippen LogP contribution in [0.1, 0.15) is 28.0 Å². The standard InChI is InChI=1S/C18H20BrNS/c1-20(2)11-5-8-16-15-7-4-3-6-13(15)9-10-14-12-17(19)21-18(14)16/h3-4,6-8,12H,5,9-11H2,1-2H3/b16-8-. The lowest BCUT2D eigenvalue weighted by molar-refractivity contribution is 0.417. The van der Waals surface area contributed by atoms with E-state index in [4.69, 9.17) is 0 Å². The van der Waals surface area contributed by atoms with E-state index in [0.717, 1.165) is 25.8 Å². The lowest BCUT2D eigenvalue weighted by atomic mass is 9.98. The van der Waals surface area contributed by atoms with Gasteiger partial charge in [0, 0.05) is 11.4 Å². The fourth-order valence-corrected chi connectivity index (χ4v) is 4.62. The van der Waals surface area contributed by atoms with Crippen LogP contribution in [-0.2, 0) is 12.8 Å². The second-order valence-electron chi connectivity index (χ2n) is 5.77. The third-order valence-electron chi connectivity index (χ3n) is 3.92. The van der Waals surface area contributed by atoms with Crippen LogP contribution in [0.15, 0.2) is 40.2 Å². The van der Waals surface area contributed by atoms with Crippen molar-refractivity contribution in [3.8, 4) is 0 Å². The van der Waals surface area contributed by atoms with Gasteiger partial charge in [0.15, 0.2) is 0 Å². The number of hydrogen-bond acceptors (Lipinski definition) is 2. The van der Waals surface area contributed by atoms with E-state index in [2.05, 4.69) is 71.3 Å². The monoisotopic (exact) mass is 361 g/mol. The molecule has 1 aromatic heterocycles. The second-order valence-corrected chi connectivity index (χ2v) is 8.20. The minimum absolute atomic E-state index is 1.09. The largest absolute Gasteiger partial charge is 0.309 e. The van der Waals surface area contributed by atoms with Crippen LogP contribution >= 0.6 is 27.3 Å². The third kappa shape index (κ3) is 3.31. The molecule has 0 spiro atoms. The summed E-state index contributed by atoms with van der Waals surface area (Å²) in [5.41, 5.74) is 5.81. The fourth-order valence-electron chi connectivity index (χ4n) is 2.87. The van der Waals surface area contributed by atoms with Gasteiger partial charge in [0.25, 0.3) is 0 Å². The van der Waals surface area contributed by atoms with Gasteiger partial charge >= 0.3 is 0 Å². The normalized spacial score (nSPS) is 15.9. The van der Waals surface area contributed by atoms with E-state index in [9.17, 15) is 0 Å². The number of benzene rings is 1. The Bertz CT molecular complexity index is 670. The smallest absolute Gasteiger partial charge is 0.0707 e. The molecule has 0 saturated heterocycles. The molecule has 0 saturated carbocycles. The zero-order valence-corrected chi connectivity index (χ0v) is 14.9.